The number of carboxylic acids is 1. The quantitative estimate of drug-likeness (QED) is 0.515. The number of carbonyl (C=O) groups excluding carboxylic acids is 1. The highest BCUT2D eigenvalue weighted by molar-refractivity contribution is 6.44. The third-order valence-corrected chi connectivity index (χ3v) is 5.25. The van der Waals surface area contributed by atoms with Gasteiger partial charge in [0.15, 0.2) is 0 Å². The van der Waals surface area contributed by atoms with Gasteiger partial charge in [0, 0.05) is 12.6 Å². The normalized spacial score (nSPS) is 23.9. The molecule has 1 aromatic carbocycles. The monoisotopic (exact) mass is 391 g/mol. The summed E-state index contributed by atoms with van der Waals surface area (Å²) in [6, 6.07) is 3.12. The van der Waals surface area contributed by atoms with Gasteiger partial charge in [0.1, 0.15) is 23.2 Å². The second kappa shape index (κ2) is 7.98. The van der Waals surface area contributed by atoms with Crippen molar-refractivity contribution in [3.05, 3.63) is 23.3 Å². The predicted octanol–water partition coefficient (Wildman–Crippen LogP) is -0.285. The number of rotatable bonds is 4. The number of hydrogen-bond donors (Lipinski definition) is 4. The number of fused-ring (bicyclic) bond motifs is 1. The van der Waals surface area contributed by atoms with E-state index in [0.29, 0.717) is 38.8 Å². The lowest BCUT2D eigenvalue weighted by molar-refractivity contribution is -0.142. The second-order valence-corrected chi connectivity index (χ2v) is 7.28. The number of aromatic carboxylic acids is 1. The highest BCUT2D eigenvalue weighted by Crippen LogP contribution is 2.37. The van der Waals surface area contributed by atoms with Crippen LogP contribution < -0.4 is 20.4 Å². The first-order valence-electron chi connectivity index (χ1n) is 9.10. The first-order chi connectivity index (χ1) is 12.9. The van der Waals surface area contributed by atoms with E-state index in [1.54, 1.807) is 17.0 Å². The van der Waals surface area contributed by atoms with Crippen LogP contribution in [0.4, 0.5) is 0 Å². The zero-order valence-corrected chi connectivity index (χ0v) is 14.8. The molecule has 9 nitrogen and oxygen atoms in total. The highest BCUT2D eigenvalue weighted by Gasteiger charge is 2.39. The molecule has 0 bridgehead atoms. The maximum Gasteiger partial charge on any atom is 0.522 e. The van der Waals surface area contributed by atoms with E-state index in [2.05, 4.69) is 5.32 Å². The van der Waals surface area contributed by atoms with Gasteiger partial charge in [-0.25, -0.2) is 4.79 Å². The Balaban J connectivity index is 0.00000225. The SMILES string of the molecule is C.N[C@H]1CN[C@H](C(=O)N2CC(Oc3ccc4c(c3C(=O)O)OB(O)CC4)C2)C1. The Morgan fingerprint density at radius 1 is 1.36 bits per heavy atom. The van der Waals surface area contributed by atoms with Crippen molar-refractivity contribution in [2.24, 2.45) is 5.73 Å². The molecule has 3 aliphatic rings. The molecule has 2 saturated heterocycles. The van der Waals surface area contributed by atoms with Crippen molar-refractivity contribution in [1.29, 1.82) is 0 Å². The average Bonchev–Trinajstić information content (AvgIpc) is 3.02. The minimum Gasteiger partial charge on any atom is -0.535 e. The molecule has 2 fully saturated rings. The van der Waals surface area contributed by atoms with Gasteiger partial charge in [-0.05, 0) is 30.8 Å². The number of hydrogen-bond acceptors (Lipinski definition) is 7. The van der Waals surface area contributed by atoms with Crippen LogP contribution in [0.3, 0.4) is 0 Å². The minimum atomic E-state index is -1.17. The van der Waals surface area contributed by atoms with Crippen LogP contribution in [0.2, 0.25) is 6.32 Å². The van der Waals surface area contributed by atoms with Crippen LogP contribution in [0.5, 0.6) is 11.5 Å². The molecule has 0 radical (unpaired) electrons. The minimum absolute atomic E-state index is 0. The summed E-state index contributed by atoms with van der Waals surface area (Å²) in [5.41, 5.74) is 6.47. The van der Waals surface area contributed by atoms with Gasteiger partial charge in [-0.15, -0.1) is 0 Å². The zero-order chi connectivity index (χ0) is 19.1. The Kier molecular flexibility index (Phi) is 5.83. The van der Waals surface area contributed by atoms with Gasteiger partial charge in [-0.2, -0.15) is 0 Å². The fourth-order valence-corrected chi connectivity index (χ4v) is 3.76. The number of nitrogens with zero attached hydrogens (tertiary/aromatic N) is 1. The average molecular weight is 391 g/mol. The number of likely N-dealkylation sites (tertiary alicyclic amines) is 1. The van der Waals surface area contributed by atoms with E-state index in [0.717, 1.165) is 5.56 Å². The van der Waals surface area contributed by atoms with E-state index in [-0.39, 0.29) is 48.6 Å². The summed E-state index contributed by atoms with van der Waals surface area (Å²) in [4.78, 5) is 25.8. The van der Waals surface area contributed by atoms with Crippen LogP contribution in [0.25, 0.3) is 0 Å². The molecule has 28 heavy (non-hydrogen) atoms. The van der Waals surface area contributed by atoms with Crippen LogP contribution in [-0.2, 0) is 11.2 Å². The molecule has 3 aliphatic heterocycles. The molecular formula is C18H26BN3O6. The third kappa shape index (κ3) is 3.80. The number of nitrogens with two attached hydrogens (primary N) is 1. The van der Waals surface area contributed by atoms with Crippen molar-refractivity contribution in [3.8, 4) is 11.5 Å². The van der Waals surface area contributed by atoms with E-state index >= 15 is 0 Å². The van der Waals surface area contributed by atoms with Crippen molar-refractivity contribution in [2.75, 3.05) is 19.6 Å². The Labute approximate surface area is 163 Å². The number of aryl methyl sites for hydroxylation is 1. The molecule has 2 atom stereocenters. The molecule has 1 amide bonds. The Morgan fingerprint density at radius 2 is 2.11 bits per heavy atom. The summed E-state index contributed by atoms with van der Waals surface area (Å²) in [5.74, 6) is -0.825. The largest absolute Gasteiger partial charge is 0.535 e. The van der Waals surface area contributed by atoms with Crippen LogP contribution in [-0.4, -0.2) is 71.8 Å². The Morgan fingerprint density at radius 3 is 2.75 bits per heavy atom. The number of nitrogens with one attached hydrogen (secondary N) is 1. The van der Waals surface area contributed by atoms with Crippen LogP contribution in [0.15, 0.2) is 12.1 Å². The number of carboxylic acid groups (broad SMARTS) is 1. The summed E-state index contributed by atoms with van der Waals surface area (Å²) in [5, 5.41) is 22.4. The van der Waals surface area contributed by atoms with Gasteiger partial charge in [0.2, 0.25) is 5.91 Å². The molecule has 10 heteroatoms. The maximum absolute atomic E-state index is 12.4. The molecule has 1 aromatic rings. The van der Waals surface area contributed by atoms with Crippen molar-refractivity contribution >= 4 is 19.0 Å². The first-order valence-corrected chi connectivity index (χ1v) is 9.10. The molecule has 0 aromatic heterocycles. The summed E-state index contributed by atoms with van der Waals surface area (Å²) in [6.07, 6.45) is 1.30. The predicted molar refractivity (Wildman–Crippen MR) is 103 cm³/mol. The zero-order valence-electron chi connectivity index (χ0n) is 14.8. The van der Waals surface area contributed by atoms with E-state index in [9.17, 15) is 19.7 Å². The van der Waals surface area contributed by atoms with Gasteiger partial charge >= 0.3 is 13.1 Å². The van der Waals surface area contributed by atoms with Crippen LogP contribution in [0.1, 0.15) is 29.8 Å². The number of ether oxygens (including phenoxy) is 1. The van der Waals surface area contributed by atoms with E-state index in [1.165, 1.54) is 0 Å². The number of amides is 1. The molecule has 0 saturated carbocycles. The molecule has 3 heterocycles. The number of benzene rings is 1. The molecule has 0 unspecified atom stereocenters. The van der Waals surface area contributed by atoms with Crippen molar-refractivity contribution < 1.29 is 29.1 Å². The summed E-state index contributed by atoms with van der Waals surface area (Å²) < 4.78 is 11.2. The first kappa shape index (κ1) is 20.4. The molecule has 0 spiro atoms. The molecule has 5 N–H and O–H groups in total. The fraction of sp³-hybridized carbons (Fsp3) is 0.556. The standard InChI is InChI=1S/C17H22BN3O6.CH4/c19-10-5-12(20-6-10)16(22)21-7-11(8-21)26-13-2-1-9-3-4-18(25)27-15(9)14(13)17(23)24;/h1-2,10-12,20,25H,3-8,19H2,(H,23,24);1H4/t10-,12+;/m1./s1. The van der Waals surface area contributed by atoms with Gasteiger partial charge in [0.25, 0.3) is 0 Å². The summed E-state index contributed by atoms with van der Waals surface area (Å²) in [6.45, 7) is 1.42. The lowest BCUT2D eigenvalue weighted by Crippen LogP contribution is -2.59. The van der Waals surface area contributed by atoms with Crippen molar-refractivity contribution in [2.45, 2.75) is 44.8 Å². The molecular weight excluding hydrogens is 365 g/mol. The lowest BCUT2D eigenvalue weighted by atomic mass is 9.78. The highest BCUT2D eigenvalue weighted by atomic mass is 16.5. The smallest absolute Gasteiger partial charge is 0.522 e. The third-order valence-electron chi connectivity index (χ3n) is 5.25. The fourth-order valence-electron chi connectivity index (χ4n) is 3.76. The number of carbonyl (C=O) groups is 2. The Bertz CT molecular complexity index is 770. The topological polar surface area (TPSA) is 134 Å². The summed E-state index contributed by atoms with van der Waals surface area (Å²) in [7, 11) is -1.02. The molecule has 4 rings (SSSR count). The van der Waals surface area contributed by atoms with Gasteiger partial charge in [0.05, 0.1) is 19.1 Å². The summed E-state index contributed by atoms with van der Waals surface area (Å²) >= 11 is 0. The van der Waals surface area contributed by atoms with Crippen LogP contribution >= 0.6 is 0 Å². The van der Waals surface area contributed by atoms with Gasteiger partial charge in [-0.1, -0.05) is 13.5 Å². The second-order valence-electron chi connectivity index (χ2n) is 7.28. The van der Waals surface area contributed by atoms with E-state index in [4.69, 9.17) is 15.1 Å². The molecule has 152 valence electrons. The Hall–Kier alpha value is -2.30. The van der Waals surface area contributed by atoms with Gasteiger partial charge < -0.3 is 35.5 Å². The maximum atomic E-state index is 12.4. The van der Waals surface area contributed by atoms with Gasteiger partial charge in [-0.3, -0.25) is 4.79 Å². The van der Waals surface area contributed by atoms with Crippen molar-refractivity contribution in [1.82, 2.24) is 10.2 Å². The van der Waals surface area contributed by atoms with E-state index in [1.807, 2.05) is 0 Å². The lowest BCUT2D eigenvalue weighted by Gasteiger charge is -2.40. The molecule has 0 aliphatic carbocycles. The van der Waals surface area contributed by atoms with Crippen molar-refractivity contribution in [3.63, 3.8) is 0 Å². The van der Waals surface area contributed by atoms with E-state index < -0.39 is 13.1 Å². The van der Waals surface area contributed by atoms with Crippen LogP contribution in [0, 0.1) is 0 Å².